The van der Waals surface area contributed by atoms with Gasteiger partial charge in [-0.3, -0.25) is 9.78 Å². The summed E-state index contributed by atoms with van der Waals surface area (Å²) >= 11 is 1.41. The number of aliphatic hydroxyl groups excluding tert-OH is 1. The van der Waals surface area contributed by atoms with Crippen molar-refractivity contribution in [3.8, 4) is 21.7 Å². The van der Waals surface area contributed by atoms with Crippen LogP contribution in [0.4, 0.5) is 13.2 Å². The topological polar surface area (TPSA) is 50.2 Å². The van der Waals surface area contributed by atoms with Crippen LogP contribution in [0.3, 0.4) is 0 Å². The van der Waals surface area contributed by atoms with E-state index in [9.17, 15) is 23.1 Å². The van der Waals surface area contributed by atoms with Crippen molar-refractivity contribution < 1.29 is 43.2 Å². The normalized spacial score (nSPS) is 13.0. The minimum atomic E-state index is -4.52. The molecule has 0 aliphatic carbocycles. The van der Waals surface area contributed by atoms with E-state index in [2.05, 4.69) is 146 Å². The van der Waals surface area contributed by atoms with Crippen molar-refractivity contribution in [3.63, 3.8) is 0 Å². The number of aliphatic hydroxyl groups is 1. The predicted molar refractivity (Wildman–Crippen MR) is 250 cm³/mol. The van der Waals surface area contributed by atoms with Crippen molar-refractivity contribution in [3.05, 3.63) is 99.9 Å². The smallest absolute Gasteiger partial charge is 0.418 e. The molecule has 0 fully saturated rings. The second-order valence-electron chi connectivity index (χ2n) is 20.5. The molecule has 5 rings (SSSR count). The van der Waals surface area contributed by atoms with Crippen LogP contribution < -0.4 is 0 Å². The average Bonchev–Trinajstić information content (AvgIpc) is 3.41. The minimum absolute atomic E-state index is 0. The quantitative estimate of drug-likeness (QED) is 0.0861. The number of benzene rings is 3. The summed E-state index contributed by atoms with van der Waals surface area (Å²) in [4.78, 5) is 17.7. The molecule has 2 heterocycles. The number of aromatic nitrogens is 1. The molecule has 3 aromatic carbocycles. The summed E-state index contributed by atoms with van der Waals surface area (Å²) in [7, 11) is 0. The maximum atomic E-state index is 14.4. The predicted octanol–water partition coefficient (Wildman–Crippen LogP) is 16.3. The standard InChI is InChI=1S/C36H37F3NS.C17H32O2.Ir/c1-20-14-23(18-34(4,5)6)15-21(2)29(20)32-22(3)30-28(36(37,38)39)19-40-31(33(30)41-32)25-16-24-12-10-11-13-26(24)27(17-25)35(7,8)9;1-10(2)16(11(3)4)14(18)9-15(19)17(12(5)6)13(7)8;/h10-15,17,19H,18H2,1-9H3;9-13,16-18H,1-8H3;/q-1;;/b;14-9-;. The number of pyridine rings is 1. The molecular formula is C53H69F3IrNO2S-. The zero-order chi connectivity index (χ0) is 45.4. The van der Waals surface area contributed by atoms with E-state index in [0.717, 1.165) is 50.5 Å². The Morgan fingerprint density at radius 1 is 0.803 bits per heavy atom. The van der Waals surface area contributed by atoms with Crippen LogP contribution in [0.2, 0.25) is 0 Å². The van der Waals surface area contributed by atoms with Crippen LogP contribution in [-0.2, 0) is 42.9 Å². The second kappa shape index (κ2) is 20.0. The number of carbonyl (C=O) groups excluding carboxylic acids is 1. The van der Waals surface area contributed by atoms with Gasteiger partial charge in [-0.25, -0.2) is 0 Å². The molecule has 0 bridgehead atoms. The van der Waals surface area contributed by atoms with E-state index in [-0.39, 0.29) is 59.7 Å². The fraction of sp³-hybridized carbons (Fsp3) is 0.509. The molecule has 2 aromatic heterocycles. The van der Waals surface area contributed by atoms with Crippen LogP contribution in [0.15, 0.2) is 60.5 Å². The van der Waals surface area contributed by atoms with Gasteiger partial charge in [0.15, 0.2) is 5.78 Å². The third-order valence-corrected chi connectivity index (χ3v) is 12.8. The molecule has 8 heteroatoms. The summed E-state index contributed by atoms with van der Waals surface area (Å²) in [6.07, 6.45) is -1.10. The number of hydrogen-bond acceptors (Lipinski definition) is 4. The van der Waals surface area contributed by atoms with E-state index < -0.39 is 11.7 Å². The molecule has 1 N–H and O–H groups in total. The first-order valence-corrected chi connectivity index (χ1v) is 22.4. The van der Waals surface area contributed by atoms with Gasteiger partial charge in [-0.1, -0.05) is 138 Å². The Morgan fingerprint density at radius 2 is 1.33 bits per heavy atom. The van der Waals surface area contributed by atoms with Crippen molar-refractivity contribution in [2.45, 2.75) is 136 Å². The monoisotopic (exact) mass is 1030 g/mol. The number of carbonyl (C=O) groups is 1. The number of fused-ring (bicyclic) bond motifs is 2. The fourth-order valence-corrected chi connectivity index (χ4v) is 10.7. The number of ketones is 1. The summed E-state index contributed by atoms with van der Waals surface area (Å²) < 4.78 is 43.7. The Labute approximate surface area is 382 Å². The summed E-state index contributed by atoms with van der Waals surface area (Å²) in [5.74, 6) is 1.63. The average molecular weight is 1030 g/mol. The third-order valence-electron chi connectivity index (χ3n) is 11.5. The van der Waals surface area contributed by atoms with Gasteiger partial charge in [0.1, 0.15) is 0 Å². The first-order chi connectivity index (χ1) is 27.5. The van der Waals surface area contributed by atoms with Gasteiger partial charge in [0.05, 0.1) is 11.3 Å². The van der Waals surface area contributed by atoms with Crippen LogP contribution in [0.1, 0.15) is 130 Å². The molecule has 3 nitrogen and oxygen atoms in total. The Kier molecular flexibility index (Phi) is 17.1. The number of rotatable bonds is 10. The van der Waals surface area contributed by atoms with E-state index in [4.69, 9.17) is 0 Å². The zero-order valence-corrected chi connectivity index (χ0v) is 42.8. The Bertz CT molecular complexity index is 2310. The number of alkyl halides is 3. The molecule has 0 saturated carbocycles. The van der Waals surface area contributed by atoms with Crippen LogP contribution in [0, 0.1) is 67.8 Å². The molecule has 0 unspecified atom stereocenters. The molecule has 0 spiro atoms. The van der Waals surface area contributed by atoms with Crippen LogP contribution in [-0.4, -0.2) is 15.9 Å². The van der Waals surface area contributed by atoms with Crippen LogP contribution in [0.25, 0.3) is 42.6 Å². The SMILES string of the molecule is CC(C)C(C(=O)/C=C(\O)C(C(C)C)C(C)C)C(C)C.Cc1cc(CC(C)(C)C)cc(C)c1-c1sc2c(-c3[c-]c4ccccc4c(C(C)(C)C)c3)ncc(C(F)(F)F)c2c1C.[Ir]. The number of aryl methyl sites for hydroxylation is 3. The molecule has 0 amide bonds. The number of allylic oxidation sites excluding steroid dienone is 2. The summed E-state index contributed by atoms with van der Waals surface area (Å²) in [5.41, 5.74) is 6.71. The van der Waals surface area contributed by atoms with E-state index >= 15 is 0 Å². The van der Waals surface area contributed by atoms with Gasteiger partial charge >= 0.3 is 6.18 Å². The number of halogens is 3. The van der Waals surface area contributed by atoms with Gasteiger partial charge in [-0.15, -0.1) is 40.5 Å². The zero-order valence-electron chi connectivity index (χ0n) is 39.5. The summed E-state index contributed by atoms with van der Waals surface area (Å²) in [5, 5.41) is 12.5. The molecule has 0 atom stereocenters. The molecule has 0 saturated heterocycles. The van der Waals surface area contributed by atoms with Gasteiger partial charge in [0.25, 0.3) is 0 Å². The minimum Gasteiger partial charge on any atom is -0.512 e. The Hall–Kier alpha value is -3.32. The summed E-state index contributed by atoms with van der Waals surface area (Å²) in [6.45, 7) is 35.6. The maximum absolute atomic E-state index is 14.4. The number of nitrogens with zero attached hydrogens (tertiary/aromatic N) is 1. The van der Waals surface area contributed by atoms with Crippen LogP contribution in [0.5, 0.6) is 0 Å². The van der Waals surface area contributed by atoms with Gasteiger partial charge in [0, 0.05) is 64.9 Å². The van der Waals surface area contributed by atoms with E-state index in [1.807, 2.05) is 25.1 Å². The van der Waals surface area contributed by atoms with Crippen molar-refractivity contribution in [2.75, 3.05) is 0 Å². The van der Waals surface area contributed by atoms with E-state index in [0.29, 0.717) is 45.2 Å². The molecule has 1 radical (unpaired) electrons. The fourth-order valence-electron chi connectivity index (χ4n) is 9.22. The summed E-state index contributed by atoms with van der Waals surface area (Å²) in [6, 6.07) is 18.0. The largest absolute Gasteiger partial charge is 0.512 e. The van der Waals surface area contributed by atoms with Gasteiger partial charge in [-0.05, 0) is 89.5 Å². The first-order valence-electron chi connectivity index (χ1n) is 21.5. The number of hydrogen-bond donors (Lipinski definition) is 1. The third kappa shape index (κ3) is 12.2. The maximum Gasteiger partial charge on any atom is 0.418 e. The van der Waals surface area contributed by atoms with Gasteiger partial charge in [0.2, 0.25) is 0 Å². The van der Waals surface area contributed by atoms with Gasteiger partial charge in [-0.2, -0.15) is 13.2 Å². The Balaban J connectivity index is 0.000000422. The molecule has 0 aliphatic rings. The van der Waals surface area contributed by atoms with Gasteiger partial charge < -0.3 is 5.11 Å². The van der Waals surface area contributed by atoms with E-state index in [1.165, 1.54) is 23.0 Å². The Morgan fingerprint density at radius 3 is 1.80 bits per heavy atom. The first kappa shape index (κ1) is 52.0. The second-order valence-corrected chi connectivity index (χ2v) is 21.5. The van der Waals surface area contributed by atoms with Crippen molar-refractivity contribution >= 4 is 38.0 Å². The van der Waals surface area contributed by atoms with Crippen molar-refractivity contribution in [1.29, 1.82) is 0 Å². The van der Waals surface area contributed by atoms with Crippen molar-refractivity contribution in [2.24, 2.45) is 40.9 Å². The van der Waals surface area contributed by atoms with E-state index in [1.54, 1.807) is 0 Å². The molecule has 5 aromatic rings. The van der Waals surface area contributed by atoms with Crippen molar-refractivity contribution in [1.82, 2.24) is 4.98 Å². The molecular weight excluding hydrogens is 964 g/mol. The molecule has 335 valence electrons. The molecule has 0 aliphatic heterocycles. The molecule has 61 heavy (non-hydrogen) atoms. The van der Waals surface area contributed by atoms with Crippen LogP contribution >= 0.6 is 11.3 Å². The number of thiophene rings is 1.